The summed E-state index contributed by atoms with van der Waals surface area (Å²) >= 11 is 0. The number of Topliss-reactive ketones (excluding diaryl/α,β-unsaturated/α-hetero) is 1. The number of aliphatic hydroxyl groups is 2. The number of fused-ring (bicyclic) bond motifs is 13. The number of ketones is 2. The van der Waals surface area contributed by atoms with Gasteiger partial charge >= 0.3 is 0 Å². The summed E-state index contributed by atoms with van der Waals surface area (Å²) in [5, 5.41) is 56.9. The van der Waals surface area contributed by atoms with E-state index in [1.807, 2.05) is 25.3 Å². The number of phenols is 1. The van der Waals surface area contributed by atoms with Gasteiger partial charge in [-0.2, -0.15) is 4.99 Å². The number of nitrogens with two attached hydrogens (primary N) is 2. The molecule has 5 heterocycles. The summed E-state index contributed by atoms with van der Waals surface area (Å²) in [7, 11) is 1.48. The van der Waals surface area contributed by atoms with Crippen molar-refractivity contribution < 1.29 is 29.6 Å². The van der Waals surface area contributed by atoms with E-state index in [1.165, 1.54) is 62.8 Å². The van der Waals surface area contributed by atoms with Crippen molar-refractivity contribution in [3.63, 3.8) is 0 Å². The molecule has 0 amide bonds. The van der Waals surface area contributed by atoms with Gasteiger partial charge in [0.05, 0.1) is 32.4 Å². The van der Waals surface area contributed by atoms with Crippen molar-refractivity contribution in [3.05, 3.63) is 136 Å². The van der Waals surface area contributed by atoms with E-state index in [-0.39, 0.29) is 58.2 Å². The lowest BCUT2D eigenvalue weighted by molar-refractivity contribution is -0.126. The Balaban J connectivity index is 0.903. The maximum atomic E-state index is 14.8. The number of aliphatic imine (C=N–C) groups is 1. The standard InChI is InChI=1S/C77H105N9O6/c1-49(88)44-85-72-43-76(42-68-65-24-27-80-45-58(65)32-55-16-10-25-81-74(55)68)39-53-21-22-71(76)77(72)40-56(61(41-77)47-84-62-17-6-7-18-62)23-28-83-75(79)82-26-9-15-54(30-52-14-8-13-51(29-52)20-19-50-11-4-3-5-12-50)67-38-73(78)86-46-59(67)33-57-35-69(91)70(92-2)37-66(57)60(48-87)34-64(90)36-63(89)31-53/h3-5,8,10-14,16,29,34-35,37-38,46,49,53-56,58,61-62,65,68,71-74,80-81,84-88,91H,6-7,15,17-25,27-28,30-33,36,39-45,47-48,78H2,1-2H3,(H3,79,82,83). The van der Waals surface area contributed by atoms with Crippen molar-refractivity contribution in [2.75, 3.05) is 53.0 Å². The number of aliphatic hydroxyl groups excluding tert-OH is 2. The number of aromatic hydroxyl groups is 1. The van der Waals surface area contributed by atoms with Crippen LogP contribution in [-0.4, -0.2) is 116 Å². The quantitative estimate of drug-likeness (QED) is 0.0388. The minimum Gasteiger partial charge on any atom is -0.504 e. The Morgan fingerprint density at radius 1 is 0.902 bits per heavy atom. The molecule has 15 atom stereocenters. The fourth-order valence-corrected chi connectivity index (χ4v) is 19.9. The van der Waals surface area contributed by atoms with Crippen molar-refractivity contribution in [1.82, 2.24) is 31.9 Å². The van der Waals surface area contributed by atoms with Crippen LogP contribution in [0.1, 0.15) is 144 Å². The Hall–Kier alpha value is -6.09. The zero-order valence-electron chi connectivity index (χ0n) is 54.8. The molecule has 3 aromatic rings. The number of aryl methyl sites for hydroxylation is 2. The highest BCUT2D eigenvalue weighted by molar-refractivity contribution is 6.08. The second-order valence-electron chi connectivity index (χ2n) is 29.6. The van der Waals surface area contributed by atoms with Crippen LogP contribution in [0, 0.1) is 76.1 Å². The van der Waals surface area contributed by atoms with E-state index in [0.717, 1.165) is 107 Å². The molecule has 10 aliphatic rings. The first-order chi connectivity index (χ1) is 44.7. The second kappa shape index (κ2) is 30.1. The summed E-state index contributed by atoms with van der Waals surface area (Å²) < 4.78 is 5.68. The van der Waals surface area contributed by atoms with E-state index in [2.05, 4.69) is 110 Å². The number of carbonyl (C=O) groups excluding carboxylic acids is 2. The number of dihydropyridines is 1. The number of ether oxygens (including phenoxy) is 1. The fourth-order valence-electron chi connectivity index (χ4n) is 19.9. The number of rotatable bonds is 15. The Bertz CT molecular complexity index is 3290. The molecule has 0 radical (unpaired) electrons. The van der Waals surface area contributed by atoms with Gasteiger partial charge in [-0.3, -0.25) is 9.59 Å². The third-order valence-electron chi connectivity index (χ3n) is 23.7. The van der Waals surface area contributed by atoms with Crippen molar-refractivity contribution in [2.24, 2.45) is 80.6 Å². The Morgan fingerprint density at radius 2 is 1.73 bits per heavy atom. The van der Waals surface area contributed by atoms with E-state index < -0.39 is 18.9 Å². The molecular formula is C77H105N9O6. The molecule has 0 aromatic heterocycles. The second-order valence-corrected chi connectivity index (χ2v) is 29.6. The lowest BCUT2D eigenvalue weighted by Gasteiger charge is -2.55. The van der Waals surface area contributed by atoms with Gasteiger partial charge in [-0.15, -0.1) is 0 Å². The molecule has 15 heteroatoms. The van der Waals surface area contributed by atoms with Crippen LogP contribution in [0.4, 0.5) is 0 Å². The third kappa shape index (κ3) is 15.3. The number of allylic oxidation sites excluding steroid dienone is 3. The summed E-state index contributed by atoms with van der Waals surface area (Å²) in [6.45, 7) is 6.64. The van der Waals surface area contributed by atoms with Crippen LogP contribution in [0.15, 0.2) is 113 Å². The summed E-state index contributed by atoms with van der Waals surface area (Å²) in [4.78, 5) is 34.0. The van der Waals surface area contributed by atoms with Gasteiger partial charge in [0.2, 0.25) is 5.96 Å². The maximum absolute atomic E-state index is 14.8. The van der Waals surface area contributed by atoms with Crippen LogP contribution in [0.25, 0.3) is 5.57 Å². The summed E-state index contributed by atoms with van der Waals surface area (Å²) in [6, 6.07) is 27.0. The average molecular weight is 1250 g/mol. The van der Waals surface area contributed by atoms with Crippen molar-refractivity contribution in [3.8, 4) is 23.5 Å². The molecular weight excluding hydrogens is 1150 g/mol. The van der Waals surface area contributed by atoms with Gasteiger partial charge < -0.3 is 63.4 Å². The molecule has 1 saturated heterocycles. The zero-order valence-corrected chi connectivity index (χ0v) is 54.8. The fraction of sp³-hybridized carbons (Fsp3) is 0.597. The molecule has 5 bridgehead atoms. The topological polar surface area (TPSA) is 241 Å². The maximum Gasteiger partial charge on any atom is 0.202 e. The van der Waals surface area contributed by atoms with Crippen LogP contribution >= 0.6 is 0 Å². The predicted octanol–water partition coefficient (Wildman–Crippen LogP) is 8.71. The highest BCUT2D eigenvalue weighted by Crippen LogP contribution is 2.71. The third-order valence-corrected chi connectivity index (χ3v) is 23.7. The molecule has 1 spiro atoms. The number of piperidine rings is 1. The van der Waals surface area contributed by atoms with E-state index in [4.69, 9.17) is 16.2 Å². The molecule has 6 fully saturated rings. The first-order valence-electron chi connectivity index (χ1n) is 35.4. The largest absolute Gasteiger partial charge is 0.504 e. The first-order valence-corrected chi connectivity index (χ1v) is 35.4. The smallest absolute Gasteiger partial charge is 0.202 e. The number of hydrogen-bond acceptors (Lipinski definition) is 15. The molecule has 5 aliphatic heterocycles. The zero-order chi connectivity index (χ0) is 63.8. The number of hydrogen-bond donors (Lipinski definition) is 11. The van der Waals surface area contributed by atoms with E-state index in [1.54, 1.807) is 12.1 Å². The number of benzene rings is 3. The monoisotopic (exact) mass is 1250 g/mol. The molecule has 3 aromatic carbocycles. The Kier molecular flexibility index (Phi) is 21.6. The normalized spacial score (nSPS) is 33.2. The molecule has 494 valence electrons. The van der Waals surface area contributed by atoms with Crippen LogP contribution < -0.4 is 48.1 Å². The van der Waals surface area contributed by atoms with Gasteiger partial charge in [-0.1, -0.05) is 85.5 Å². The SMILES string of the molecule is COc1cc2c(cc1O)CC1=CNC(N)C=C1C(Cc1cccc(CCc3ccccc3)c1)CC#CN=C(N)NCCC1CC3(CC1CNC1CCCC1)C(NCC(C)O)CC1(CC4C5CCNCC5CC5C=CCNC54)CC(CCC13)CC(=O)CC(=O)C=C2CO. The van der Waals surface area contributed by atoms with Crippen molar-refractivity contribution in [1.29, 1.82) is 0 Å². The number of nitrogens with zero attached hydrogens (tertiary/aromatic N) is 1. The van der Waals surface area contributed by atoms with Gasteiger partial charge in [-0.25, -0.2) is 0 Å². The number of phenolic OH excluding ortho intramolecular Hbond substituents is 1. The summed E-state index contributed by atoms with van der Waals surface area (Å²) in [6.07, 6.45) is 28.2. The van der Waals surface area contributed by atoms with Crippen molar-refractivity contribution >= 4 is 23.1 Å². The molecule has 13 N–H and O–H groups in total. The van der Waals surface area contributed by atoms with E-state index in [9.17, 15) is 24.9 Å². The highest BCUT2D eigenvalue weighted by Gasteiger charge is 2.67. The molecule has 5 aliphatic carbocycles. The summed E-state index contributed by atoms with van der Waals surface area (Å²) in [5.74, 6) is 6.92. The van der Waals surface area contributed by atoms with Crippen LogP contribution in [0.2, 0.25) is 0 Å². The van der Waals surface area contributed by atoms with Gasteiger partial charge in [-0.05, 0) is 262 Å². The lowest BCUT2D eigenvalue weighted by atomic mass is 9.52. The van der Waals surface area contributed by atoms with Crippen LogP contribution in [-0.2, 0) is 35.3 Å². The van der Waals surface area contributed by atoms with Gasteiger partial charge in [0, 0.05) is 62.8 Å². The number of guanidine groups is 1. The Labute approximate surface area is 547 Å². The highest BCUT2D eigenvalue weighted by atomic mass is 16.5. The number of nitrogens with one attached hydrogen (secondary N) is 6. The van der Waals surface area contributed by atoms with Crippen molar-refractivity contribution in [2.45, 2.75) is 172 Å². The van der Waals surface area contributed by atoms with Gasteiger partial charge in [0.25, 0.3) is 0 Å². The van der Waals surface area contributed by atoms with Gasteiger partial charge in [0.1, 0.15) is 5.78 Å². The number of carbonyl (C=O) groups is 2. The first kappa shape index (κ1) is 66.0. The molecule has 5 saturated carbocycles. The molecule has 15 unspecified atom stereocenters. The lowest BCUT2D eigenvalue weighted by Crippen LogP contribution is -2.57. The molecule has 15 nitrogen and oxygen atoms in total. The number of methoxy groups -OCH3 is 1. The van der Waals surface area contributed by atoms with Gasteiger partial charge in [0.15, 0.2) is 17.3 Å². The Morgan fingerprint density at radius 3 is 2.55 bits per heavy atom. The minimum atomic E-state index is -0.494. The minimum absolute atomic E-state index is 0.0209. The summed E-state index contributed by atoms with van der Waals surface area (Å²) in [5.41, 5.74) is 20.6. The predicted molar refractivity (Wildman–Crippen MR) is 366 cm³/mol. The van der Waals surface area contributed by atoms with E-state index in [0.29, 0.717) is 115 Å². The molecule has 13 rings (SSSR count). The van der Waals surface area contributed by atoms with Crippen LogP contribution in [0.3, 0.4) is 0 Å². The average Bonchev–Trinajstić information content (AvgIpc) is 1.53. The van der Waals surface area contributed by atoms with E-state index >= 15 is 0 Å². The van der Waals surface area contributed by atoms with Crippen LogP contribution in [0.5, 0.6) is 11.5 Å². The molecule has 92 heavy (non-hydrogen) atoms.